The summed E-state index contributed by atoms with van der Waals surface area (Å²) in [6.45, 7) is 9.45. The zero-order chi connectivity index (χ0) is 14.3. The molecule has 1 heterocycles. The molecule has 5 nitrogen and oxygen atoms in total. The van der Waals surface area contributed by atoms with Gasteiger partial charge in [0.2, 0.25) is 0 Å². The number of carbonyl (C=O) groups is 1. The molecule has 0 fully saturated rings. The van der Waals surface area contributed by atoms with Crippen molar-refractivity contribution in [3.8, 4) is 0 Å². The Morgan fingerprint density at radius 2 is 2.21 bits per heavy atom. The Balaban J connectivity index is 2.88. The van der Waals surface area contributed by atoms with Gasteiger partial charge < -0.3 is 14.6 Å². The number of aryl methyl sites for hydroxylation is 1. The van der Waals surface area contributed by atoms with E-state index >= 15 is 0 Å². The summed E-state index contributed by atoms with van der Waals surface area (Å²) in [7, 11) is 0. The monoisotopic (exact) mass is 267 g/mol. The summed E-state index contributed by atoms with van der Waals surface area (Å²) in [6.07, 6.45) is 5.65. The molecule has 0 aromatic carbocycles. The van der Waals surface area contributed by atoms with Crippen molar-refractivity contribution in [1.29, 1.82) is 0 Å². The van der Waals surface area contributed by atoms with E-state index in [1.165, 1.54) is 0 Å². The van der Waals surface area contributed by atoms with E-state index in [4.69, 9.17) is 4.74 Å². The number of imidazole rings is 1. The number of nitrogens with one attached hydrogen (secondary N) is 1. The summed E-state index contributed by atoms with van der Waals surface area (Å²) < 4.78 is 7.20. The van der Waals surface area contributed by atoms with Crippen molar-refractivity contribution in [2.24, 2.45) is 0 Å². The Morgan fingerprint density at radius 3 is 2.79 bits per heavy atom. The van der Waals surface area contributed by atoms with Gasteiger partial charge in [-0.05, 0) is 26.8 Å². The number of hydrogen-bond acceptors (Lipinski definition) is 4. The molecule has 19 heavy (non-hydrogen) atoms. The Hall–Kier alpha value is -1.36. The van der Waals surface area contributed by atoms with Crippen molar-refractivity contribution >= 4 is 5.97 Å². The lowest BCUT2D eigenvalue weighted by molar-refractivity contribution is -0.151. The predicted octanol–water partition coefficient (Wildman–Crippen LogP) is 1.77. The van der Waals surface area contributed by atoms with E-state index in [-0.39, 0.29) is 5.97 Å². The van der Waals surface area contributed by atoms with Gasteiger partial charge in [0.05, 0.1) is 13.2 Å². The molecule has 108 valence electrons. The highest BCUT2D eigenvalue weighted by molar-refractivity contribution is 5.80. The van der Waals surface area contributed by atoms with E-state index in [9.17, 15) is 4.79 Å². The average Bonchev–Trinajstić information content (AvgIpc) is 2.77. The van der Waals surface area contributed by atoms with Crippen molar-refractivity contribution in [1.82, 2.24) is 14.9 Å². The molecule has 1 aromatic heterocycles. The zero-order valence-electron chi connectivity index (χ0n) is 12.4. The first kappa shape index (κ1) is 15.7. The number of aromatic nitrogens is 2. The molecular formula is C14H25N3O2. The minimum atomic E-state index is -0.714. The number of carbonyl (C=O) groups excluding carboxylic acids is 1. The second kappa shape index (κ2) is 7.28. The van der Waals surface area contributed by atoms with Crippen LogP contribution in [0.1, 0.15) is 39.9 Å². The third kappa shape index (κ3) is 4.06. The van der Waals surface area contributed by atoms with Crippen molar-refractivity contribution in [2.45, 2.75) is 52.6 Å². The van der Waals surface area contributed by atoms with Crippen LogP contribution in [0, 0.1) is 0 Å². The molecular weight excluding hydrogens is 242 g/mol. The largest absolute Gasteiger partial charge is 0.465 e. The second-order valence-electron chi connectivity index (χ2n) is 4.80. The summed E-state index contributed by atoms with van der Waals surface area (Å²) in [6, 6.07) is 0. The minimum absolute atomic E-state index is 0.215. The number of nitrogens with zero attached hydrogens (tertiary/aromatic N) is 2. The van der Waals surface area contributed by atoms with Gasteiger partial charge in [-0.1, -0.05) is 13.8 Å². The second-order valence-corrected chi connectivity index (χ2v) is 4.80. The van der Waals surface area contributed by atoms with Gasteiger partial charge in [0.1, 0.15) is 11.4 Å². The molecule has 0 aliphatic heterocycles. The van der Waals surface area contributed by atoms with Crippen molar-refractivity contribution in [3.05, 3.63) is 18.2 Å². The van der Waals surface area contributed by atoms with Crippen LogP contribution in [0.25, 0.3) is 0 Å². The van der Waals surface area contributed by atoms with E-state index in [0.717, 1.165) is 18.7 Å². The van der Waals surface area contributed by atoms with Crippen LogP contribution in [0.5, 0.6) is 0 Å². The highest BCUT2D eigenvalue weighted by atomic mass is 16.5. The molecule has 1 aromatic rings. The zero-order valence-corrected chi connectivity index (χ0v) is 12.4. The van der Waals surface area contributed by atoms with Crippen LogP contribution >= 0.6 is 0 Å². The van der Waals surface area contributed by atoms with E-state index in [1.807, 2.05) is 31.5 Å². The molecule has 0 aliphatic carbocycles. The van der Waals surface area contributed by atoms with E-state index in [1.54, 1.807) is 6.20 Å². The molecule has 1 N–H and O–H groups in total. The first-order valence-electron chi connectivity index (χ1n) is 6.99. The maximum Gasteiger partial charge on any atom is 0.327 e. The quantitative estimate of drug-likeness (QED) is 0.729. The maximum absolute atomic E-state index is 12.1. The van der Waals surface area contributed by atoms with Crippen molar-refractivity contribution in [2.75, 3.05) is 13.2 Å². The van der Waals surface area contributed by atoms with Gasteiger partial charge in [0.15, 0.2) is 0 Å². The average molecular weight is 267 g/mol. The number of hydrogen-bond donors (Lipinski definition) is 1. The highest BCUT2D eigenvalue weighted by Gasteiger charge is 2.34. The van der Waals surface area contributed by atoms with Crippen LogP contribution in [0.3, 0.4) is 0 Å². The third-order valence-corrected chi connectivity index (χ3v) is 3.05. The fourth-order valence-corrected chi connectivity index (χ4v) is 2.15. The molecule has 1 rings (SSSR count). The van der Waals surface area contributed by atoms with Gasteiger partial charge in [-0.15, -0.1) is 0 Å². The standard InChI is InChI=1S/C14H25N3O2/c1-5-8-12-15-9-10-17(12)11-14(4,16-6-2)13(18)19-7-3/h9-10,16H,5-8,11H2,1-4H3. The van der Waals surface area contributed by atoms with Gasteiger partial charge in [-0.3, -0.25) is 0 Å². The van der Waals surface area contributed by atoms with Crippen molar-refractivity contribution < 1.29 is 9.53 Å². The van der Waals surface area contributed by atoms with E-state index in [2.05, 4.69) is 17.2 Å². The van der Waals surface area contributed by atoms with Gasteiger partial charge in [0.25, 0.3) is 0 Å². The molecule has 0 saturated carbocycles. The fraction of sp³-hybridized carbons (Fsp3) is 0.714. The topological polar surface area (TPSA) is 56.2 Å². The lowest BCUT2D eigenvalue weighted by Gasteiger charge is -2.29. The molecule has 0 aliphatic rings. The normalized spacial score (nSPS) is 14.1. The summed E-state index contributed by atoms with van der Waals surface area (Å²) in [5, 5.41) is 3.23. The predicted molar refractivity (Wildman–Crippen MR) is 74.9 cm³/mol. The molecule has 5 heteroatoms. The number of ether oxygens (including phenoxy) is 1. The Kier molecular flexibility index (Phi) is 6.02. The first-order valence-corrected chi connectivity index (χ1v) is 6.99. The van der Waals surface area contributed by atoms with Crippen LogP contribution in [-0.4, -0.2) is 34.2 Å². The summed E-state index contributed by atoms with van der Waals surface area (Å²) in [5.41, 5.74) is -0.714. The molecule has 0 radical (unpaired) electrons. The summed E-state index contributed by atoms with van der Waals surface area (Å²) >= 11 is 0. The van der Waals surface area contributed by atoms with Crippen LogP contribution in [0.2, 0.25) is 0 Å². The first-order chi connectivity index (χ1) is 9.07. The summed E-state index contributed by atoms with van der Waals surface area (Å²) in [5.74, 6) is 0.795. The fourth-order valence-electron chi connectivity index (χ4n) is 2.15. The van der Waals surface area contributed by atoms with E-state index < -0.39 is 5.54 Å². The maximum atomic E-state index is 12.1. The SMILES string of the molecule is CCCc1nccn1CC(C)(NCC)C(=O)OCC. The van der Waals surface area contributed by atoms with Crippen LogP contribution in [0.4, 0.5) is 0 Å². The molecule has 0 amide bonds. The van der Waals surface area contributed by atoms with Crippen LogP contribution < -0.4 is 5.32 Å². The molecule has 0 spiro atoms. The Labute approximate surface area is 115 Å². The van der Waals surface area contributed by atoms with E-state index in [0.29, 0.717) is 19.7 Å². The van der Waals surface area contributed by atoms with Gasteiger partial charge >= 0.3 is 5.97 Å². The lowest BCUT2D eigenvalue weighted by atomic mass is 10.0. The van der Waals surface area contributed by atoms with Crippen molar-refractivity contribution in [3.63, 3.8) is 0 Å². The highest BCUT2D eigenvalue weighted by Crippen LogP contribution is 2.13. The number of esters is 1. The van der Waals surface area contributed by atoms with Gasteiger partial charge in [0, 0.05) is 18.8 Å². The number of rotatable bonds is 8. The number of likely N-dealkylation sites (N-methyl/N-ethyl adjacent to an activating group) is 1. The minimum Gasteiger partial charge on any atom is -0.465 e. The Morgan fingerprint density at radius 1 is 1.47 bits per heavy atom. The molecule has 0 saturated heterocycles. The van der Waals surface area contributed by atoms with Crippen LogP contribution in [0.15, 0.2) is 12.4 Å². The molecule has 1 atom stereocenters. The molecule has 1 unspecified atom stereocenters. The molecule has 0 bridgehead atoms. The van der Waals surface area contributed by atoms with Crippen LogP contribution in [-0.2, 0) is 22.5 Å². The third-order valence-electron chi connectivity index (χ3n) is 3.05. The van der Waals surface area contributed by atoms with Gasteiger partial charge in [-0.25, -0.2) is 9.78 Å². The summed E-state index contributed by atoms with van der Waals surface area (Å²) in [4.78, 5) is 16.5. The Bertz CT molecular complexity index is 403. The van der Waals surface area contributed by atoms with Gasteiger partial charge in [-0.2, -0.15) is 0 Å². The smallest absolute Gasteiger partial charge is 0.327 e. The lowest BCUT2D eigenvalue weighted by Crippen LogP contribution is -2.53.